The molecule has 0 atom stereocenters. The highest BCUT2D eigenvalue weighted by Crippen LogP contribution is 2.25. The van der Waals surface area contributed by atoms with Crippen molar-refractivity contribution in [1.29, 1.82) is 0 Å². The van der Waals surface area contributed by atoms with Crippen molar-refractivity contribution in [2.75, 3.05) is 23.3 Å². The molecule has 1 fully saturated rings. The molecule has 1 aliphatic heterocycles. The highest BCUT2D eigenvalue weighted by Gasteiger charge is 2.20. The summed E-state index contributed by atoms with van der Waals surface area (Å²) in [5, 5.41) is 6.75. The SMILES string of the molecule is Cc1csc(N2CCC(Nc3ccc(C(N)=O)cc3)CC2)n1. The molecule has 0 radical (unpaired) electrons. The van der Waals surface area contributed by atoms with Gasteiger partial charge in [-0.3, -0.25) is 4.79 Å². The monoisotopic (exact) mass is 316 g/mol. The molecule has 1 saturated heterocycles. The molecular weight excluding hydrogens is 296 g/mol. The molecule has 0 unspecified atom stereocenters. The lowest BCUT2D eigenvalue weighted by Crippen LogP contribution is -2.39. The number of rotatable bonds is 4. The summed E-state index contributed by atoms with van der Waals surface area (Å²) < 4.78 is 0. The first kappa shape index (κ1) is 14.8. The Hall–Kier alpha value is -2.08. The van der Waals surface area contributed by atoms with Crippen molar-refractivity contribution in [2.45, 2.75) is 25.8 Å². The van der Waals surface area contributed by atoms with E-state index < -0.39 is 5.91 Å². The maximum atomic E-state index is 11.1. The zero-order valence-electron chi connectivity index (χ0n) is 12.6. The molecule has 0 bridgehead atoms. The van der Waals surface area contributed by atoms with Crippen LogP contribution in [-0.4, -0.2) is 30.0 Å². The zero-order chi connectivity index (χ0) is 15.5. The number of hydrogen-bond donors (Lipinski definition) is 2. The van der Waals surface area contributed by atoms with Crippen LogP contribution in [0.3, 0.4) is 0 Å². The smallest absolute Gasteiger partial charge is 0.248 e. The van der Waals surface area contributed by atoms with Crippen LogP contribution in [0.4, 0.5) is 10.8 Å². The number of carbonyl (C=O) groups is 1. The molecule has 1 aliphatic rings. The Bertz CT molecular complexity index is 644. The van der Waals surface area contributed by atoms with Crippen molar-refractivity contribution in [1.82, 2.24) is 4.98 Å². The molecule has 1 aromatic heterocycles. The summed E-state index contributed by atoms with van der Waals surface area (Å²) in [5.74, 6) is -0.390. The summed E-state index contributed by atoms with van der Waals surface area (Å²) in [6.45, 7) is 4.07. The molecule has 22 heavy (non-hydrogen) atoms. The van der Waals surface area contributed by atoms with Crippen molar-refractivity contribution in [3.8, 4) is 0 Å². The molecule has 0 saturated carbocycles. The summed E-state index contributed by atoms with van der Waals surface area (Å²) in [7, 11) is 0. The van der Waals surface area contributed by atoms with Crippen molar-refractivity contribution >= 4 is 28.1 Å². The van der Waals surface area contributed by atoms with Crippen LogP contribution in [0.1, 0.15) is 28.9 Å². The molecule has 2 heterocycles. The molecule has 1 aromatic carbocycles. The lowest BCUT2D eigenvalue weighted by Gasteiger charge is -2.32. The Morgan fingerprint density at radius 2 is 2.00 bits per heavy atom. The first-order chi connectivity index (χ1) is 10.6. The summed E-state index contributed by atoms with van der Waals surface area (Å²) in [4.78, 5) is 18.0. The van der Waals surface area contributed by atoms with Gasteiger partial charge < -0.3 is 16.0 Å². The molecule has 2 aromatic rings. The lowest BCUT2D eigenvalue weighted by molar-refractivity contribution is 0.100. The fourth-order valence-corrected chi connectivity index (χ4v) is 3.53. The number of nitrogens with two attached hydrogens (primary N) is 1. The van der Waals surface area contributed by atoms with Crippen LogP contribution >= 0.6 is 11.3 Å². The molecule has 116 valence electrons. The second kappa shape index (κ2) is 6.36. The number of aromatic nitrogens is 1. The van der Waals surface area contributed by atoms with Gasteiger partial charge in [0.05, 0.1) is 5.69 Å². The average molecular weight is 316 g/mol. The number of carbonyl (C=O) groups excluding carboxylic acids is 1. The predicted molar refractivity (Wildman–Crippen MR) is 90.7 cm³/mol. The molecule has 5 nitrogen and oxygen atoms in total. The fraction of sp³-hybridized carbons (Fsp3) is 0.375. The summed E-state index contributed by atoms with van der Waals surface area (Å²) >= 11 is 1.72. The van der Waals surface area contributed by atoms with E-state index in [1.807, 2.05) is 19.1 Å². The highest BCUT2D eigenvalue weighted by molar-refractivity contribution is 7.13. The van der Waals surface area contributed by atoms with Gasteiger partial charge in [-0.1, -0.05) is 0 Å². The van der Waals surface area contributed by atoms with E-state index in [2.05, 4.69) is 20.6 Å². The largest absolute Gasteiger partial charge is 0.382 e. The van der Waals surface area contributed by atoms with Crippen LogP contribution < -0.4 is 16.0 Å². The Morgan fingerprint density at radius 3 is 2.55 bits per heavy atom. The van der Waals surface area contributed by atoms with Gasteiger partial charge in [0.2, 0.25) is 5.91 Å². The van der Waals surface area contributed by atoms with Crippen LogP contribution in [0.5, 0.6) is 0 Å². The van der Waals surface area contributed by atoms with Gasteiger partial charge in [-0.15, -0.1) is 11.3 Å². The van der Waals surface area contributed by atoms with Crippen LogP contribution in [0.2, 0.25) is 0 Å². The number of primary amides is 1. The summed E-state index contributed by atoms with van der Waals surface area (Å²) in [6, 6.07) is 7.81. The van der Waals surface area contributed by atoms with Gasteiger partial charge in [0, 0.05) is 35.8 Å². The summed E-state index contributed by atoms with van der Waals surface area (Å²) in [5.41, 5.74) is 7.92. The van der Waals surface area contributed by atoms with E-state index in [9.17, 15) is 4.79 Å². The van der Waals surface area contributed by atoms with Gasteiger partial charge >= 0.3 is 0 Å². The van der Waals surface area contributed by atoms with Crippen molar-refractivity contribution in [2.24, 2.45) is 5.73 Å². The van der Waals surface area contributed by atoms with Crippen molar-refractivity contribution in [3.63, 3.8) is 0 Å². The molecular formula is C16H20N4OS. The van der Waals surface area contributed by atoms with Crippen LogP contribution in [-0.2, 0) is 0 Å². The molecule has 6 heteroatoms. The number of anilines is 2. The van der Waals surface area contributed by atoms with Crippen molar-refractivity contribution < 1.29 is 4.79 Å². The number of amides is 1. The number of aryl methyl sites for hydroxylation is 1. The van der Waals surface area contributed by atoms with E-state index in [0.717, 1.165) is 42.4 Å². The topological polar surface area (TPSA) is 71.2 Å². The normalized spacial score (nSPS) is 15.8. The standard InChI is InChI=1S/C16H20N4OS/c1-11-10-22-16(18-11)20-8-6-14(7-9-20)19-13-4-2-12(3-5-13)15(17)21/h2-5,10,14,19H,6-9H2,1H3,(H2,17,21). The van der Waals surface area contributed by atoms with Gasteiger partial charge in [-0.05, 0) is 44.0 Å². The minimum absolute atomic E-state index is 0.390. The van der Waals surface area contributed by atoms with Crippen LogP contribution in [0, 0.1) is 6.92 Å². The third-order valence-electron chi connectivity index (χ3n) is 3.91. The first-order valence-electron chi connectivity index (χ1n) is 7.45. The van der Waals surface area contributed by atoms with E-state index in [1.165, 1.54) is 0 Å². The van der Waals surface area contributed by atoms with Crippen LogP contribution in [0.25, 0.3) is 0 Å². The maximum Gasteiger partial charge on any atom is 0.248 e. The van der Waals surface area contributed by atoms with E-state index in [4.69, 9.17) is 5.73 Å². The van der Waals surface area contributed by atoms with Gasteiger partial charge in [-0.2, -0.15) is 0 Å². The Labute approximate surface area is 134 Å². The molecule has 3 rings (SSSR count). The van der Waals surface area contributed by atoms with Gasteiger partial charge in [0.1, 0.15) is 0 Å². The second-order valence-corrected chi connectivity index (χ2v) is 6.46. The predicted octanol–water partition coefficient (Wildman–Crippen LogP) is 2.63. The van der Waals surface area contributed by atoms with Crippen molar-refractivity contribution in [3.05, 3.63) is 40.9 Å². The van der Waals surface area contributed by atoms with Gasteiger partial charge in [0.25, 0.3) is 0 Å². The first-order valence-corrected chi connectivity index (χ1v) is 8.33. The number of hydrogen-bond acceptors (Lipinski definition) is 5. The number of benzene rings is 1. The Morgan fingerprint density at radius 1 is 1.32 bits per heavy atom. The second-order valence-electron chi connectivity index (χ2n) is 5.62. The molecule has 1 amide bonds. The molecule has 3 N–H and O–H groups in total. The third kappa shape index (κ3) is 3.39. The molecule has 0 aliphatic carbocycles. The van der Waals surface area contributed by atoms with Crippen LogP contribution in [0.15, 0.2) is 29.6 Å². The van der Waals surface area contributed by atoms with E-state index in [1.54, 1.807) is 23.5 Å². The number of nitrogens with one attached hydrogen (secondary N) is 1. The van der Waals surface area contributed by atoms with E-state index in [0.29, 0.717) is 11.6 Å². The highest BCUT2D eigenvalue weighted by atomic mass is 32.1. The lowest BCUT2D eigenvalue weighted by atomic mass is 10.0. The molecule has 0 spiro atoms. The van der Waals surface area contributed by atoms with Gasteiger partial charge in [-0.25, -0.2) is 4.98 Å². The number of thiazole rings is 1. The van der Waals surface area contributed by atoms with E-state index >= 15 is 0 Å². The minimum atomic E-state index is -0.390. The number of piperidine rings is 1. The zero-order valence-corrected chi connectivity index (χ0v) is 13.4. The Balaban J connectivity index is 1.54. The Kier molecular flexibility index (Phi) is 4.29. The maximum absolute atomic E-state index is 11.1. The number of nitrogens with zero attached hydrogens (tertiary/aromatic N) is 2. The average Bonchev–Trinajstić information content (AvgIpc) is 2.95. The fourth-order valence-electron chi connectivity index (χ4n) is 2.67. The summed E-state index contributed by atoms with van der Waals surface area (Å²) in [6.07, 6.45) is 2.16. The third-order valence-corrected chi connectivity index (χ3v) is 4.93. The van der Waals surface area contributed by atoms with E-state index in [-0.39, 0.29) is 0 Å². The quantitative estimate of drug-likeness (QED) is 0.909. The minimum Gasteiger partial charge on any atom is -0.382 e. The van der Waals surface area contributed by atoms with Gasteiger partial charge in [0.15, 0.2) is 5.13 Å².